The van der Waals surface area contributed by atoms with Crippen molar-refractivity contribution in [2.24, 2.45) is 0 Å². The first-order chi connectivity index (χ1) is 13.2. The highest BCUT2D eigenvalue weighted by Crippen LogP contribution is 2.23. The Labute approximate surface area is 159 Å². The van der Waals surface area contributed by atoms with Crippen LogP contribution in [-0.2, 0) is 4.79 Å². The first-order valence-corrected chi connectivity index (χ1v) is 8.99. The van der Waals surface area contributed by atoms with Gasteiger partial charge in [-0.2, -0.15) is 0 Å². The van der Waals surface area contributed by atoms with E-state index in [-0.39, 0.29) is 5.91 Å². The number of fused-ring (bicyclic) bond motifs is 1. The second kappa shape index (κ2) is 8.90. The van der Waals surface area contributed by atoms with Gasteiger partial charge in [-0.25, -0.2) is 0 Å². The predicted octanol–water partition coefficient (Wildman–Crippen LogP) is 5.20. The number of hydrogen-bond donors (Lipinski definition) is 1. The van der Waals surface area contributed by atoms with Crippen molar-refractivity contribution in [1.82, 2.24) is 0 Å². The van der Waals surface area contributed by atoms with E-state index >= 15 is 0 Å². The average molecular weight is 361 g/mol. The summed E-state index contributed by atoms with van der Waals surface area (Å²) in [6, 6.07) is 21.1. The molecule has 0 aliphatic heterocycles. The molecule has 0 aliphatic rings. The molecule has 0 bridgehead atoms. The number of ether oxygens (including phenoxy) is 2. The second-order valence-corrected chi connectivity index (χ2v) is 6.14. The lowest BCUT2D eigenvalue weighted by Gasteiger charge is -2.18. The molecule has 3 aromatic carbocycles. The van der Waals surface area contributed by atoms with Crippen molar-refractivity contribution >= 4 is 22.4 Å². The summed E-state index contributed by atoms with van der Waals surface area (Å²) in [7, 11) is 0. The molecule has 0 radical (unpaired) electrons. The third-order valence-corrected chi connectivity index (χ3v) is 4.15. The molecule has 0 heterocycles. The second-order valence-electron chi connectivity index (χ2n) is 6.14. The maximum Gasteiger partial charge on any atom is 0.265 e. The predicted molar refractivity (Wildman–Crippen MR) is 109 cm³/mol. The van der Waals surface area contributed by atoms with Gasteiger partial charge in [0.05, 0.1) is 0 Å². The minimum absolute atomic E-state index is 0.176. The van der Waals surface area contributed by atoms with Gasteiger partial charge in [-0.15, -0.1) is 0 Å². The van der Waals surface area contributed by atoms with Crippen LogP contribution in [0.5, 0.6) is 11.5 Å². The Morgan fingerprint density at radius 2 is 1.74 bits per heavy atom. The Morgan fingerprint density at radius 1 is 1.04 bits per heavy atom. The zero-order valence-electron chi connectivity index (χ0n) is 15.4. The SMILES string of the molecule is C=CCOc1ccc(NC(=O)C(CC)Oc2ccc3ccccc3c2)cc1. The molecule has 1 atom stereocenters. The van der Waals surface area contributed by atoms with Gasteiger partial charge in [-0.1, -0.05) is 49.9 Å². The van der Waals surface area contributed by atoms with Gasteiger partial charge in [0, 0.05) is 5.69 Å². The zero-order valence-corrected chi connectivity index (χ0v) is 15.4. The molecule has 0 spiro atoms. The Morgan fingerprint density at radius 3 is 2.44 bits per heavy atom. The maximum absolute atomic E-state index is 12.6. The molecule has 4 nitrogen and oxygen atoms in total. The summed E-state index contributed by atoms with van der Waals surface area (Å²) in [6.45, 7) is 5.99. The lowest BCUT2D eigenvalue weighted by atomic mass is 10.1. The third kappa shape index (κ3) is 4.88. The molecule has 3 aromatic rings. The van der Waals surface area contributed by atoms with Crippen LogP contribution in [-0.4, -0.2) is 18.6 Å². The van der Waals surface area contributed by atoms with Gasteiger partial charge in [-0.3, -0.25) is 4.79 Å². The fraction of sp³-hybridized carbons (Fsp3) is 0.174. The number of rotatable bonds is 8. The molecule has 0 aliphatic carbocycles. The van der Waals surface area contributed by atoms with Gasteiger partial charge in [0.25, 0.3) is 5.91 Å². The fourth-order valence-corrected chi connectivity index (χ4v) is 2.74. The number of nitrogens with one attached hydrogen (secondary N) is 1. The molecular weight excluding hydrogens is 338 g/mol. The summed E-state index contributed by atoms with van der Waals surface area (Å²) in [5.74, 6) is 1.24. The van der Waals surface area contributed by atoms with Crippen LogP contribution in [0.1, 0.15) is 13.3 Å². The van der Waals surface area contributed by atoms with E-state index in [4.69, 9.17) is 9.47 Å². The van der Waals surface area contributed by atoms with Crippen molar-refractivity contribution < 1.29 is 14.3 Å². The number of amides is 1. The first-order valence-electron chi connectivity index (χ1n) is 8.99. The molecule has 1 amide bonds. The quantitative estimate of drug-likeness (QED) is 0.561. The van der Waals surface area contributed by atoms with E-state index in [0.717, 1.165) is 16.5 Å². The summed E-state index contributed by atoms with van der Waals surface area (Å²) in [4.78, 5) is 12.6. The summed E-state index contributed by atoms with van der Waals surface area (Å²) in [6.07, 6.45) is 1.69. The minimum Gasteiger partial charge on any atom is -0.490 e. The highest BCUT2D eigenvalue weighted by molar-refractivity contribution is 5.94. The molecule has 0 fully saturated rings. The van der Waals surface area contributed by atoms with Gasteiger partial charge < -0.3 is 14.8 Å². The van der Waals surface area contributed by atoms with Crippen molar-refractivity contribution in [3.63, 3.8) is 0 Å². The van der Waals surface area contributed by atoms with Crippen LogP contribution in [0, 0.1) is 0 Å². The van der Waals surface area contributed by atoms with E-state index in [0.29, 0.717) is 24.5 Å². The van der Waals surface area contributed by atoms with Crippen LogP contribution < -0.4 is 14.8 Å². The highest BCUT2D eigenvalue weighted by atomic mass is 16.5. The molecule has 138 valence electrons. The molecular formula is C23H23NO3. The molecule has 4 heteroatoms. The zero-order chi connectivity index (χ0) is 19.1. The van der Waals surface area contributed by atoms with E-state index in [2.05, 4.69) is 11.9 Å². The summed E-state index contributed by atoms with van der Waals surface area (Å²) in [5.41, 5.74) is 0.700. The number of carbonyl (C=O) groups is 1. The largest absolute Gasteiger partial charge is 0.490 e. The van der Waals surface area contributed by atoms with Crippen LogP contribution in [0.25, 0.3) is 10.8 Å². The molecule has 0 saturated heterocycles. The lowest BCUT2D eigenvalue weighted by molar-refractivity contribution is -0.122. The van der Waals surface area contributed by atoms with Crippen LogP contribution in [0.3, 0.4) is 0 Å². The average Bonchev–Trinajstić information content (AvgIpc) is 2.71. The van der Waals surface area contributed by atoms with E-state index in [1.807, 2.05) is 61.5 Å². The molecule has 0 aromatic heterocycles. The third-order valence-electron chi connectivity index (χ3n) is 4.15. The van der Waals surface area contributed by atoms with Crippen LogP contribution in [0.2, 0.25) is 0 Å². The van der Waals surface area contributed by atoms with E-state index < -0.39 is 6.10 Å². The normalized spacial score (nSPS) is 11.6. The molecule has 1 unspecified atom stereocenters. The Balaban J connectivity index is 1.65. The first kappa shape index (κ1) is 18.5. The van der Waals surface area contributed by atoms with Crippen molar-refractivity contribution in [3.05, 3.63) is 79.4 Å². The number of carbonyl (C=O) groups excluding carboxylic acids is 1. The highest BCUT2D eigenvalue weighted by Gasteiger charge is 2.18. The van der Waals surface area contributed by atoms with Gasteiger partial charge in [0.15, 0.2) is 6.10 Å². The topological polar surface area (TPSA) is 47.6 Å². The summed E-state index contributed by atoms with van der Waals surface area (Å²) >= 11 is 0. The summed E-state index contributed by atoms with van der Waals surface area (Å²) in [5, 5.41) is 5.12. The molecule has 1 N–H and O–H groups in total. The number of anilines is 1. The Bertz CT molecular complexity index is 918. The van der Waals surface area contributed by atoms with Gasteiger partial charge >= 0.3 is 0 Å². The van der Waals surface area contributed by atoms with Gasteiger partial charge in [0.2, 0.25) is 0 Å². The maximum atomic E-state index is 12.6. The van der Waals surface area contributed by atoms with E-state index in [1.165, 1.54) is 0 Å². The molecule has 3 rings (SSSR count). The standard InChI is InChI=1S/C23H23NO3/c1-3-15-26-20-13-10-19(11-14-20)24-23(25)22(4-2)27-21-12-9-17-7-5-6-8-18(17)16-21/h3,5-14,16,22H,1,4,15H2,2H3,(H,24,25). The van der Waals surface area contributed by atoms with Crippen LogP contribution in [0.15, 0.2) is 79.4 Å². The van der Waals surface area contributed by atoms with Gasteiger partial charge in [-0.05, 0) is 53.6 Å². The van der Waals surface area contributed by atoms with E-state index in [1.54, 1.807) is 18.2 Å². The van der Waals surface area contributed by atoms with Crippen molar-refractivity contribution in [3.8, 4) is 11.5 Å². The Hall–Kier alpha value is -3.27. The monoisotopic (exact) mass is 361 g/mol. The number of benzene rings is 3. The molecule has 27 heavy (non-hydrogen) atoms. The van der Waals surface area contributed by atoms with Crippen LogP contribution >= 0.6 is 0 Å². The smallest absolute Gasteiger partial charge is 0.265 e. The Kier molecular flexibility index (Phi) is 6.10. The number of hydrogen-bond acceptors (Lipinski definition) is 3. The molecule has 0 saturated carbocycles. The van der Waals surface area contributed by atoms with Gasteiger partial charge in [0.1, 0.15) is 18.1 Å². The van der Waals surface area contributed by atoms with Crippen molar-refractivity contribution in [2.75, 3.05) is 11.9 Å². The fourth-order valence-electron chi connectivity index (χ4n) is 2.74. The van der Waals surface area contributed by atoms with Crippen molar-refractivity contribution in [2.45, 2.75) is 19.4 Å². The lowest BCUT2D eigenvalue weighted by Crippen LogP contribution is -2.32. The summed E-state index contributed by atoms with van der Waals surface area (Å²) < 4.78 is 11.4. The van der Waals surface area contributed by atoms with Crippen LogP contribution in [0.4, 0.5) is 5.69 Å². The van der Waals surface area contributed by atoms with Crippen molar-refractivity contribution in [1.29, 1.82) is 0 Å². The van der Waals surface area contributed by atoms with E-state index in [9.17, 15) is 4.79 Å². The minimum atomic E-state index is -0.567.